The van der Waals surface area contributed by atoms with Gasteiger partial charge in [-0.2, -0.15) is 0 Å². The van der Waals surface area contributed by atoms with Crippen LogP contribution in [0.5, 0.6) is 5.75 Å². The normalized spacial score (nSPS) is 11.4. The lowest BCUT2D eigenvalue weighted by Crippen LogP contribution is -2.15. The lowest BCUT2D eigenvalue weighted by Gasteiger charge is -2.14. The molecule has 0 aliphatic carbocycles. The summed E-state index contributed by atoms with van der Waals surface area (Å²) in [5, 5.41) is 8.60. The second-order valence-electron chi connectivity index (χ2n) is 13.2. The maximum absolute atomic E-state index is 8.60. The highest BCUT2D eigenvalue weighted by molar-refractivity contribution is 5.42. The highest BCUT2D eigenvalue weighted by Crippen LogP contribution is 2.25. The minimum absolute atomic E-state index is 0.0222. The van der Waals surface area contributed by atoms with Crippen LogP contribution >= 0.6 is 0 Å². The Bertz CT molecular complexity index is 1350. The molecule has 14 nitrogen and oxygen atoms in total. The zero-order chi connectivity index (χ0) is 42.1. The molecule has 3 aromatic rings. The van der Waals surface area contributed by atoms with E-state index in [0.29, 0.717) is 165 Å². The first-order valence-electron chi connectivity index (χ1n) is 21.2. The second-order valence-corrected chi connectivity index (χ2v) is 13.2. The maximum atomic E-state index is 8.60. The Morgan fingerprint density at radius 1 is 0.283 bits per heavy atom. The summed E-state index contributed by atoms with van der Waals surface area (Å²) in [7, 11) is 0. The van der Waals surface area contributed by atoms with E-state index in [-0.39, 0.29) is 6.61 Å². The highest BCUT2D eigenvalue weighted by atomic mass is 16.6. The van der Waals surface area contributed by atoms with Gasteiger partial charge < -0.3 is 66.7 Å². The van der Waals surface area contributed by atoms with Crippen LogP contribution in [-0.2, 0) is 69.7 Å². The smallest absolute Gasteiger partial charge is 0.122 e. The Balaban J connectivity index is 0.995. The van der Waals surface area contributed by atoms with E-state index in [4.69, 9.17) is 66.7 Å². The number of aliphatic hydroxyl groups is 1. The van der Waals surface area contributed by atoms with E-state index in [1.807, 2.05) is 12.1 Å². The fourth-order valence-corrected chi connectivity index (χ4v) is 5.47. The van der Waals surface area contributed by atoms with Crippen molar-refractivity contribution in [3.63, 3.8) is 0 Å². The summed E-state index contributed by atoms with van der Waals surface area (Å²) in [6, 6.07) is 27.5. The van der Waals surface area contributed by atoms with Gasteiger partial charge in [0.05, 0.1) is 165 Å². The van der Waals surface area contributed by atoms with Crippen molar-refractivity contribution in [2.45, 2.75) is 12.8 Å². The van der Waals surface area contributed by atoms with Crippen LogP contribution in [0.4, 0.5) is 0 Å². The van der Waals surface area contributed by atoms with Crippen molar-refractivity contribution in [3.05, 3.63) is 101 Å². The van der Waals surface area contributed by atoms with E-state index in [1.165, 1.54) is 22.3 Å². The van der Waals surface area contributed by atoms with Gasteiger partial charge in [-0.25, -0.2) is 0 Å². The molecule has 14 heteroatoms. The Hall–Kier alpha value is -3.06. The highest BCUT2D eigenvalue weighted by Gasteiger charge is 2.08. The van der Waals surface area contributed by atoms with Crippen molar-refractivity contribution in [2.75, 3.05) is 172 Å². The quantitative estimate of drug-likeness (QED) is 0.0804. The molecular formula is C46H70O14. The average Bonchev–Trinajstić information content (AvgIpc) is 3.27. The van der Waals surface area contributed by atoms with Crippen molar-refractivity contribution in [1.29, 1.82) is 0 Å². The molecule has 0 bridgehead atoms. The fourth-order valence-electron chi connectivity index (χ4n) is 5.47. The summed E-state index contributed by atoms with van der Waals surface area (Å²) < 4.78 is 72.0. The standard InChI is InChI=1S/C46H70O14/c47-13-14-48-15-16-49-17-18-50-19-20-51-21-22-52-23-24-53-25-26-54-27-28-55-29-30-56-31-32-57-33-34-58-35-36-59-37-38-60-46-12-11-44(39-42-7-3-1-4-8-42)41-45(46)40-43-9-5-2-6-10-43/h1-12,41,47H,13-40H2. The first-order chi connectivity index (χ1) is 29.8. The molecule has 0 fully saturated rings. The van der Waals surface area contributed by atoms with Gasteiger partial charge in [0.1, 0.15) is 12.4 Å². The number of rotatable bonds is 43. The molecule has 1 N–H and O–H groups in total. The van der Waals surface area contributed by atoms with Crippen molar-refractivity contribution in [1.82, 2.24) is 0 Å². The molecule has 0 amide bonds. The van der Waals surface area contributed by atoms with Crippen LogP contribution in [0, 0.1) is 0 Å². The lowest BCUT2D eigenvalue weighted by molar-refractivity contribution is -0.0287. The average molecular weight is 847 g/mol. The Morgan fingerprint density at radius 3 is 0.917 bits per heavy atom. The fraction of sp³-hybridized carbons (Fsp3) is 0.609. The summed E-state index contributed by atoms with van der Waals surface area (Å²) in [6.07, 6.45) is 1.70. The summed E-state index contributed by atoms with van der Waals surface area (Å²) in [5.41, 5.74) is 4.98. The number of hydrogen-bond donors (Lipinski definition) is 1. The molecule has 3 aromatic carbocycles. The largest absolute Gasteiger partial charge is 0.491 e. The van der Waals surface area contributed by atoms with Gasteiger partial charge in [-0.3, -0.25) is 0 Å². The molecule has 0 spiro atoms. The minimum atomic E-state index is 0.0222. The topological polar surface area (TPSA) is 140 Å². The molecule has 0 atom stereocenters. The third-order valence-electron chi connectivity index (χ3n) is 8.43. The molecule has 0 aromatic heterocycles. The van der Waals surface area contributed by atoms with E-state index >= 15 is 0 Å². The SMILES string of the molecule is OCCOCCOCCOCCOCCOCCOCCOCCOCCOCCOCCOCCOCCOc1ccc(Cc2ccccc2)cc1Cc1ccccc1. The summed E-state index contributed by atoms with van der Waals surface area (Å²) >= 11 is 0. The molecule has 3 rings (SSSR count). The van der Waals surface area contributed by atoms with E-state index in [9.17, 15) is 0 Å². The van der Waals surface area contributed by atoms with Crippen molar-refractivity contribution in [3.8, 4) is 5.75 Å². The summed E-state index contributed by atoms with van der Waals surface area (Å²) in [6.45, 7) is 12.2. The van der Waals surface area contributed by atoms with Gasteiger partial charge >= 0.3 is 0 Å². The Labute approximate surface area is 357 Å². The predicted octanol–water partition coefficient (Wildman–Crippen LogP) is 4.44. The molecule has 0 heterocycles. The second kappa shape index (κ2) is 38.8. The third-order valence-corrected chi connectivity index (χ3v) is 8.43. The number of hydrogen-bond acceptors (Lipinski definition) is 14. The van der Waals surface area contributed by atoms with Gasteiger partial charge in [0, 0.05) is 6.42 Å². The van der Waals surface area contributed by atoms with Crippen molar-refractivity contribution in [2.24, 2.45) is 0 Å². The minimum Gasteiger partial charge on any atom is -0.491 e. The molecular weight excluding hydrogens is 776 g/mol. The van der Waals surface area contributed by atoms with Crippen LogP contribution in [-0.4, -0.2) is 177 Å². The van der Waals surface area contributed by atoms with Crippen LogP contribution in [0.15, 0.2) is 78.9 Å². The molecule has 0 aliphatic heterocycles. The zero-order valence-electron chi connectivity index (χ0n) is 35.6. The van der Waals surface area contributed by atoms with Crippen molar-refractivity contribution < 1.29 is 66.7 Å². The van der Waals surface area contributed by atoms with Crippen LogP contribution in [0.2, 0.25) is 0 Å². The summed E-state index contributed by atoms with van der Waals surface area (Å²) in [5.74, 6) is 0.891. The molecule has 60 heavy (non-hydrogen) atoms. The van der Waals surface area contributed by atoms with E-state index < -0.39 is 0 Å². The van der Waals surface area contributed by atoms with Gasteiger partial charge in [-0.15, -0.1) is 0 Å². The Kier molecular flexibility index (Phi) is 33.2. The molecule has 0 radical (unpaired) electrons. The lowest BCUT2D eigenvalue weighted by atomic mass is 9.98. The van der Waals surface area contributed by atoms with E-state index in [2.05, 4.69) is 66.7 Å². The van der Waals surface area contributed by atoms with Crippen LogP contribution in [0.1, 0.15) is 22.3 Å². The molecule has 338 valence electrons. The Morgan fingerprint density at radius 2 is 0.583 bits per heavy atom. The van der Waals surface area contributed by atoms with Crippen molar-refractivity contribution >= 4 is 0 Å². The molecule has 0 unspecified atom stereocenters. The predicted molar refractivity (Wildman–Crippen MR) is 227 cm³/mol. The number of aliphatic hydroxyl groups excluding tert-OH is 1. The van der Waals surface area contributed by atoms with Gasteiger partial charge in [0.15, 0.2) is 0 Å². The van der Waals surface area contributed by atoms with Gasteiger partial charge in [0.25, 0.3) is 0 Å². The molecule has 0 aliphatic rings. The van der Waals surface area contributed by atoms with Gasteiger partial charge in [0.2, 0.25) is 0 Å². The first kappa shape index (κ1) is 51.3. The number of benzene rings is 3. The van der Waals surface area contributed by atoms with E-state index in [0.717, 1.165) is 18.6 Å². The van der Waals surface area contributed by atoms with Crippen LogP contribution in [0.25, 0.3) is 0 Å². The number of ether oxygens (including phenoxy) is 13. The van der Waals surface area contributed by atoms with Crippen LogP contribution in [0.3, 0.4) is 0 Å². The van der Waals surface area contributed by atoms with Crippen LogP contribution < -0.4 is 4.74 Å². The summed E-state index contributed by atoms with van der Waals surface area (Å²) in [4.78, 5) is 0. The third kappa shape index (κ3) is 29.2. The maximum Gasteiger partial charge on any atom is 0.122 e. The zero-order valence-corrected chi connectivity index (χ0v) is 35.6. The van der Waals surface area contributed by atoms with Gasteiger partial charge in [-0.05, 0) is 34.7 Å². The molecule has 0 saturated heterocycles. The van der Waals surface area contributed by atoms with Gasteiger partial charge in [-0.1, -0.05) is 72.8 Å². The van der Waals surface area contributed by atoms with E-state index in [1.54, 1.807) is 0 Å². The monoisotopic (exact) mass is 846 g/mol. The first-order valence-corrected chi connectivity index (χ1v) is 21.2. The molecule has 0 saturated carbocycles.